The van der Waals surface area contributed by atoms with Gasteiger partial charge in [0, 0.05) is 17.7 Å². The van der Waals surface area contributed by atoms with Crippen LogP contribution in [0.1, 0.15) is 27.1 Å². The number of para-hydroxylation sites is 1. The van der Waals surface area contributed by atoms with Gasteiger partial charge in [0.05, 0.1) is 28.0 Å². The lowest BCUT2D eigenvalue weighted by Crippen LogP contribution is -2.40. The number of hydrogen-bond donors (Lipinski definition) is 0. The van der Waals surface area contributed by atoms with E-state index in [9.17, 15) is 29.3 Å². The molecular formula is C32H24N2O8. The lowest BCUT2D eigenvalue weighted by atomic mass is 9.63. The number of Topliss-reactive ketones (excluding diaryl/α,β-unsaturated/α-hetero) is 1. The van der Waals surface area contributed by atoms with Crippen LogP contribution in [0.3, 0.4) is 0 Å². The van der Waals surface area contributed by atoms with Gasteiger partial charge in [-0.1, -0.05) is 24.3 Å². The fourth-order valence-electron chi connectivity index (χ4n) is 6.81. The van der Waals surface area contributed by atoms with E-state index >= 15 is 0 Å². The number of rotatable bonds is 8. The van der Waals surface area contributed by atoms with E-state index in [0.29, 0.717) is 23.3 Å². The first-order valence-corrected chi connectivity index (χ1v) is 13.7. The third-order valence-corrected chi connectivity index (χ3v) is 8.82. The van der Waals surface area contributed by atoms with Crippen LogP contribution in [0.5, 0.6) is 11.5 Å². The molecule has 1 heterocycles. The van der Waals surface area contributed by atoms with Crippen LogP contribution in [0.4, 0.5) is 11.4 Å². The Labute approximate surface area is 239 Å². The Bertz CT molecular complexity index is 1640. The van der Waals surface area contributed by atoms with Crippen LogP contribution >= 0.6 is 0 Å². The summed E-state index contributed by atoms with van der Waals surface area (Å²) in [4.78, 5) is 64.4. The second-order valence-electron chi connectivity index (χ2n) is 11.1. The van der Waals surface area contributed by atoms with E-state index in [4.69, 9.17) is 9.47 Å². The van der Waals surface area contributed by atoms with Crippen LogP contribution in [0.2, 0.25) is 0 Å². The number of allylic oxidation sites excluding steroid dienone is 2. The SMILES string of the molecule is O=C(COC(=O)c1ccccc1N1C(=O)C2C3C=CC(C4CC34)C2C1=O)c1ccc(Oc2ccc([N+](=O)[O-])cc2)cc1. The van der Waals surface area contributed by atoms with Crippen LogP contribution in [0.25, 0.3) is 0 Å². The van der Waals surface area contributed by atoms with Crippen molar-refractivity contribution in [3.63, 3.8) is 0 Å². The zero-order valence-corrected chi connectivity index (χ0v) is 22.1. The largest absolute Gasteiger partial charge is 0.457 e. The number of ketones is 1. The third-order valence-electron chi connectivity index (χ3n) is 8.82. The zero-order valence-electron chi connectivity index (χ0n) is 22.1. The second-order valence-corrected chi connectivity index (χ2v) is 11.1. The first-order valence-electron chi connectivity index (χ1n) is 13.7. The molecule has 6 atom stereocenters. The standard InChI is InChI=1S/C32H24N2O8/c35-27(17-5-9-19(10-6-17)42-20-11-7-18(8-12-20)34(39)40)16-41-32(38)23-3-1-2-4-26(23)33-30(36)28-21-13-14-22(25-15-24(21)25)29(28)31(33)37/h1-14,21-22,24-25,28-29H,15-16H2. The number of anilines is 1. The van der Waals surface area contributed by atoms with Gasteiger partial charge in [0.1, 0.15) is 11.5 Å². The van der Waals surface area contributed by atoms with E-state index in [1.165, 1.54) is 42.5 Å². The Morgan fingerprint density at radius 1 is 0.833 bits per heavy atom. The van der Waals surface area contributed by atoms with Crippen LogP contribution in [-0.2, 0) is 14.3 Å². The molecule has 4 aliphatic carbocycles. The fourth-order valence-corrected chi connectivity index (χ4v) is 6.81. The molecule has 3 aromatic carbocycles. The van der Waals surface area contributed by atoms with Crippen LogP contribution < -0.4 is 9.64 Å². The highest BCUT2D eigenvalue weighted by Crippen LogP contribution is 2.65. The monoisotopic (exact) mass is 564 g/mol. The third kappa shape index (κ3) is 4.18. The lowest BCUT2D eigenvalue weighted by Gasteiger charge is -2.37. The van der Waals surface area contributed by atoms with Gasteiger partial charge in [-0.15, -0.1) is 0 Å². The number of carbonyl (C=O) groups is 4. The summed E-state index contributed by atoms with van der Waals surface area (Å²) in [6.07, 6.45) is 5.24. The van der Waals surface area contributed by atoms with Gasteiger partial charge in [-0.2, -0.15) is 0 Å². The summed E-state index contributed by atoms with van der Waals surface area (Å²) >= 11 is 0. The normalized spacial score (nSPS) is 26.4. The number of benzene rings is 3. The molecular weight excluding hydrogens is 540 g/mol. The second kappa shape index (κ2) is 9.76. The molecule has 0 N–H and O–H groups in total. The van der Waals surface area contributed by atoms with E-state index in [0.717, 1.165) is 11.3 Å². The van der Waals surface area contributed by atoms with Crippen LogP contribution in [0.15, 0.2) is 84.9 Å². The molecule has 2 bridgehead atoms. The Kier molecular flexibility index (Phi) is 6.00. The molecule has 5 aliphatic rings. The first-order chi connectivity index (χ1) is 20.3. The molecule has 3 fully saturated rings. The van der Waals surface area contributed by atoms with Gasteiger partial charge in [0.25, 0.3) is 5.69 Å². The lowest BCUT2D eigenvalue weighted by molar-refractivity contribution is -0.384. The molecule has 210 valence electrons. The maximum absolute atomic E-state index is 13.5. The Balaban J connectivity index is 1.01. The minimum atomic E-state index is -0.809. The van der Waals surface area contributed by atoms with Gasteiger partial charge in [0.15, 0.2) is 12.4 Å². The van der Waals surface area contributed by atoms with E-state index in [1.54, 1.807) is 30.3 Å². The van der Waals surface area contributed by atoms with E-state index < -0.39 is 35.1 Å². The maximum atomic E-state index is 13.5. The fraction of sp³-hybridized carbons (Fsp3) is 0.250. The summed E-state index contributed by atoms with van der Waals surface area (Å²) in [5.74, 6) is -0.745. The van der Waals surface area contributed by atoms with Crippen molar-refractivity contribution in [2.24, 2.45) is 35.5 Å². The molecule has 42 heavy (non-hydrogen) atoms. The summed E-state index contributed by atoms with van der Waals surface area (Å²) in [6, 6.07) is 18.0. The molecule has 2 amide bonds. The minimum Gasteiger partial charge on any atom is -0.457 e. The number of hydrogen-bond acceptors (Lipinski definition) is 8. The first kappa shape index (κ1) is 25.8. The average molecular weight is 565 g/mol. The Morgan fingerprint density at radius 3 is 2.00 bits per heavy atom. The van der Waals surface area contributed by atoms with Gasteiger partial charge in [-0.25, -0.2) is 9.69 Å². The topological polar surface area (TPSA) is 133 Å². The number of ether oxygens (including phenoxy) is 2. The molecule has 3 aromatic rings. The molecule has 1 aliphatic heterocycles. The number of nitro benzene ring substituents is 1. The van der Waals surface area contributed by atoms with Gasteiger partial charge in [-0.3, -0.25) is 24.5 Å². The molecule has 0 spiro atoms. The highest BCUT2D eigenvalue weighted by Gasteiger charge is 2.67. The Hall–Kier alpha value is -5.12. The number of nitro groups is 1. The molecule has 8 rings (SSSR count). The van der Waals surface area contributed by atoms with Gasteiger partial charge in [0.2, 0.25) is 11.8 Å². The van der Waals surface area contributed by atoms with Gasteiger partial charge in [-0.05, 0) is 78.6 Å². The molecule has 0 radical (unpaired) electrons. The van der Waals surface area contributed by atoms with Gasteiger partial charge >= 0.3 is 5.97 Å². The average Bonchev–Trinajstić information content (AvgIpc) is 3.79. The summed E-state index contributed by atoms with van der Waals surface area (Å²) in [5.41, 5.74) is 0.448. The number of imide groups is 1. The summed E-state index contributed by atoms with van der Waals surface area (Å²) in [5, 5.41) is 10.8. The van der Waals surface area contributed by atoms with Crippen molar-refractivity contribution < 1.29 is 33.6 Å². The smallest absolute Gasteiger partial charge is 0.340 e. The number of esters is 1. The van der Waals surface area contributed by atoms with Crippen LogP contribution in [0, 0.1) is 45.6 Å². The predicted octanol–water partition coefficient (Wildman–Crippen LogP) is 4.98. The van der Waals surface area contributed by atoms with Crippen molar-refractivity contribution in [3.8, 4) is 11.5 Å². The van der Waals surface area contributed by atoms with Crippen molar-refractivity contribution in [1.82, 2.24) is 0 Å². The zero-order chi connectivity index (χ0) is 29.1. The minimum absolute atomic E-state index is 0.0444. The van der Waals surface area contributed by atoms with E-state index in [2.05, 4.69) is 12.2 Å². The summed E-state index contributed by atoms with van der Waals surface area (Å²) in [6.45, 7) is -0.541. The highest BCUT2D eigenvalue weighted by molar-refractivity contribution is 6.24. The Morgan fingerprint density at radius 2 is 1.40 bits per heavy atom. The van der Waals surface area contributed by atoms with Crippen molar-refractivity contribution in [2.75, 3.05) is 11.5 Å². The molecule has 2 saturated carbocycles. The van der Waals surface area contributed by atoms with Crippen molar-refractivity contribution in [2.45, 2.75) is 6.42 Å². The quantitative estimate of drug-likeness (QED) is 0.0934. The molecule has 10 nitrogen and oxygen atoms in total. The maximum Gasteiger partial charge on any atom is 0.340 e. The molecule has 10 heteroatoms. The molecule has 1 saturated heterocycles. The van der Waals surface area contributed by atoms with Gasteiger partial charge < -0.3 is 9.47 Å². The highest BCUT2D eigenvalue weighted by atomic mass is 16.6. The molecule has 0 aromatic heterocycles. The summed E-state index contributed by atoms with van der Waals surface area (Å²) < 4.78 is 11.0. The van der Waals surface area contributed by atoms with Crippen molar-refractivity contribution in [3.05, 3.63) is 106 Å². The van der Waals surface area contributed by atoms with Crippen molar-refractivity contribution >= 4 is 34.9 Å². The molecule has 6 unspecified atom stereocenters. The number of amides is 2. The summed E-state index contributed by atoms with van der Waals surface area (Å²) in [7, 11) is 0. The van der Waals surface area contributed by atoms with Crippen LogP contribution in [-0.4, -0.2) is 35.1 Å². The van der Waals surface area contributed by atoms with E-state index in [-0.39, 0.29) is 46.2 Å². The van der Waals surface area contributed by atoms with E-state index in [1.807, 2.05) is 0 Å². The number of non-ortho nitro benzene ring substituents is 1. The number of carbonyl (C=O) groups excluding carboxylic acids is 4. The predicted molar refractivity (Wildman–Crippen MR) is 148 cm³/mol. The number of nitrogens with zero attached hydrogens (tertiary/aromatic N) is 2. The van der Waals surface area contributed by atoms with Crippen molar-refractivity contribution in [1.29, 1.82) is 0 Å².